The van der Waals surface area contributed by atoms with Gasteiger partial charge in [-0.2, -0.15) is 0 Å². The number of nitrogens with one attached hydrogen (secondary N) is 2. The van der Waals surface area contributed by atoms with Crippen LogP contribution in [-0.4, -0.2) is 55.6 Å². The summed E-state index contributed by atoms with van der Waals surface area (Å²) >= 11 is 0. The molecule has 2 N–H and O–H groups in total. The summed E-state index contributed by atoms with van der Waals surface area (Å²) in [5.74, 6) is 1.14. The van der Waals surface area contributed by atoms with Crippen molar-refractivity contribution in [3.05, 3.63) is 35.9 Å². The summed E-state index contributed by atoms with van der Waals surface area (Å²) in [7, 11) is 0. The monoisotopic (exact) mass is 388 g/mol. The molecule has 2 rings (SSSR count). The van der Waals surface area contributed by atoms with Crippen molar-refractivity contribution >= 4 is 11.9 Å². The minimum atomic E-state index is 0.0600. The largest absolute Gasteiger partial charge is 0.377 e. The smallest absolute Gasteiger partial charge is 0.225 e. The van der Waals surface area contributed by atoms with Crippen LogP contribution in [0.4, 0.5) is 0 Å². The second kappa shape index (κ2) is 12.4. The highest BCUT2D eigenvalue weighted by molar-refractivity contribution is 5.81. The first-order valence-corrected chi connectivity index (χ1v) is 10.6. The molecule has 1 aromatic rings. The van der Waals surface area contributed by atoms with Crippen LogP contribution in [0.2, 0.25) is 0 Å². The Hall–Kier alpha value is -2.08. The zero-order valence-electron chi connectivity index (χ0n) is 17.6. The predicted molar refractivity (Wildman–Crippen MR) is 114 cm³/mol. The summed E-state index contributed by atoms with van der Waals surface area (Å²) in [6.07, 6.45) is 2.96. The summed E-state index contributed by atoms with van der Waals surface area (Å²) in [5.41, 5.74) is 1.21. The van der Waals surface area contributed by atoms with Gasteiger partial charge in [0, 0.05) is 44.7 Å². The van der Waals surface area contributed by atoms with E-state index < -0.39 is 0 Å². The number of aliphatic imine (C=N–C) groups is 1. The molecular formula is C22H36N4O2. The SMILES string of the molecule is CCNC(=NCCCCOCc1ccccc1)NC1CCN(C(=O)C(C)C)C1. The van der Waals surface area contributed by atoms with Crippen molar-refractivity contribution in [2.45, 2.75) is 52.7 Å². The first-order chi connectivity index (χ1) is 13.6. The van der Waals surface area contributed by atoms with Crippen molar-refractivity contribution in [2.24, 2.45) is 10.9 Å². The van der Waals surface area contributed by atoms with E-state index in [-0.39, 0.29) is 17.9 Å². The van der Waals surface area contributed by atoms with Crippen LogP contribution in [0.1, 0.15) is 45.6 Å². The quantitative estimate of drug-likeness (QED) is 0.367. The number of hydrogen-bond acceptors (Lipinski definition) is 3. The van der Waals surface area contributed by atoms with Crippen LogP contribution in [-0.2, 0) is 16.1 Å². The number of amides is 1. The minimum absolute atomic E-state index is 0.0600. The number of ether oxygens (including phenoxy) is 1. The molecule has 0 aliphatic carbocycles. The molecule has 1 fully saturated rings. The van der Waals surface area contributed by atoms with Gasteiger partial charge in [-0.1, -0.05) is 44.2 Å². The summed E-state index contributed by atoms with van der Waals surface area (Å²) in [6, 6.07) is 10.5. The standard InChI is InChI=1S/C22H36N4O2/c1-4-23-22(25-20-12-14-26(16-20)21(27)18(2)3)24-13-8-9-15-28-17-19-10-6-5-7-11-19/h5-7,10-11,18,20H,4,8-9,12-17H2,1-3H3,(H2,23,24,25). The number of likely N-dealkylation sites (tertiary alicyclic amines) is 1. The third-order valence-corrected chi connectivity index (χ3v) is 4.76. The Balaban J connectivity index is 1.64. The van der Waals surface area contributed by atoms with Gasteiger partial charge in [-0.15, -0.1) is 0 Å². The summed E-state index contributed by atoms with van der Waals surface area (Å²) in [4.78, 5) is 18.8. The lowest BCUT2D eigenvalue weighted by Gasteiger charge is -2.20. The highest BCUT2D eigenvalue weighted by Crippen LogP contribution is 2.12. The molecule has 0 aromatic heterocycles. The molecule has 1 aliphatic rings. The van der Waals surface area contributed by atoms with Crippen molar-refractivity contribution < 1.29 is 9.53 Å². The van der Waals surface area contributed by atoms with E-state index >= 15 is 0 Å². The van der Waals surface area contributed by atoms with E-state index in [9.17, 15) is 4.79 Å². The van der Waals surface area contributed by atoms with Crippen molar-refractivity contribution in [3.8, 4) is 0 Å². The first kappa shape index (κ1) is 22.2. The average Bonchev–Trinajstić information content (AvgIpc) is 3.15. The van der Waals surface area contributed by atoms with Gasteiger partial charge in [-0.05, 0) is 31.7 Å². The van der Waals surface area contributed by atoms with Gasteiger partial charge in [-0.25, -0.2) is 0 Å². The predicted octanol–water partition coefficient (Wildman–Crippen LogP) is 2.80. The molecule has 0 spiro atoms. The van der Waals surface area contributed by atoms with Crippen LogP contribution in [0.25, 0.3) is 0 Å². The number of guanidine groups is 1. The molecule has 0 bridgehead atoms. The number of hydrogen-bond donors (Lipinski definition) is 2. The Kier molecular flexibility index (Phi) is 9.83. The summed E-state index contributed by atoms with van der Waals surface area (Å²) in [6.45, 7) is 10.6. The van der Waals surface area contributed by atoms with Gasteiger partial charge >= 0.3 is 0 Å². The van der Waals surface area contributed by atoms with Crippen LogP contribution < -0.4 is 10.6 Å². The maximum absolute atomic E-state index is 12.1. The molecule has 1 atom stereocenters. The average molecular weight is 389 g/mol. The molecule has 156 valence electrons. The Morgan fingerprint density at radius 3 is 2.79 bits per heavy atom. The lowest BCUT2D eigenvalue weighted by Crippen LogP contribution is -2.45. The van der Waals surface area contributed by atoms with Crippen molar-refractivity contribution in [2.75, 3.05) is 32.8 Å². The fourth-order valence-corrected chi connectivity index (χ4v) is 3.23. The molecular weight excluding hydrogens is 352 g/mol. The van der Waals surface area contributed by atoms with E-state index in [2.05, 4.69) is 34.7 Å². The number of carbonyl (C=O) groups is 1. The summed E-state index contributed by atoms with van der Waals surface area (Å²) < 4.78 is 5.72. The van der Waals surface area contributed by atoms with Crippen LogP contribution in [0.15, 0.2) is 35.3 Å². The molecule has 1 aliphatic heterocycles. The highest BCUT2D eigenvalue weighted by Gasteiger charge is 2.27. The Labute approximate surface area is 169 Å². The molecule has 6 heteroatoms. The van der Waals surface area contributed by atoms with Gasteiger partial charge in [-0.3, -0.25) is 9.79 Å². The van der Waals surface area contributed by atoms with E-state index in [4.69, 9.17) is 4.74 Å². The van der Waals surface area contributed by atoms with Gasteiger partial charge in [0.1, 0.15) is 0 Å². The van der Waals surface area contributed by atoms with Crippen LogP contribution >= 0.6 is 0 Å². The van der Waals surface area contributed by atoms with Gasteiger partial charge in [0.2, 0.25) is 5.91 Å². The first-order valence-electron chi connectivity index (χ1n) is 10.6. The lowest BCUT2D eigenvalue weighted by atomic mass is 10.2. The second-order valence-electron chi connectivity index (χ2n) is 7.57. The van der Waals surface area contributed by atoms with E-state index in [1.807, 2.05) is 36.9 Å². The van der Waals surface area contributed by atoms with Gasteiger partial charge in [0.15, 0.2) is 5.96 Å². The van der Waals surface area contributed by atoms with Crippen LogP contribution in [0, 0.1) is 5.92 Å². The number of unbranched alkanes of at least 4 members (excludes halogenated alkanes) is 1. The molecule has 6 nitrogen and oxygen atoms in total. The normalized spacial score (nSPS) is 17.2. The topological polar surface area (TPSA) is 66.0 Å². The molecule has 1 heterocycles. The number of rotatable bonds is 10. The molecule has 0 saturated carbocycles. The second-order valence-corrected chi connectivity index (χ2v) is 7.57. The molecule has 1 unspecified atom stereocenters. The van der Waals surface area contributed by atoms with Gasteiger partial charge in [0.05, 0.1) is 6.61 Å². The van der Waals surface area contributed by atoms with Gasteiger partial charge in [0.25, 0.3) is 0 Å². The van der Waals surface area contributed by atoms with Gasteiger partial charge < -0.3 is 20.3 Å². The van der Waals surface area contributed by atoms with Crippen molar-refractivity contribution in [1.29, 1.82) is 0 Å². The third kappa shape index (κ3) is 7.89. The summed E-state index contributed by atoms with van der Waals surface area (Å²) in [5, 5.41) is 6.78. The van der Waals surface area contributed by atoms with E-state index in [1.54, 1.807) is 0 Å². The zero-order chi connectivity index (χ0) is 20.2. The number of benzene rings is 1. The Bertz CT molecular complexity index is 604. The molecule has 1 aromatic carbocycles. The highest BCUT2D eigenvalue weighted by atomic mass is 16.5. The Morgan fingerprint density at radius 2 is 2.07 bits per heavy atom. The lowest BCUT2D eigenvalue weighted by molar-refractivity contribution is -0.133. The third-order valence-electron chi connectivity index (χ3n) is 4.76. The molecule has 0 radical (unpaired) electrons. The van der Waals surface area contributed by atoms with Crippen molar-refractivity contribution in [1.82, 2.24) is 15.5 Å². The van der Waals surface area contributed by atoms with E-state index in [1.165, 1.54) is 5.56 Å². The number of carbonyl (C=O) groups excluding carboxylic acids is 1. The maximum atomic E-state index is 12.1. The van der Waals surface area contributed by atoms with E-state index in [0.29, 0.717) is 6.61 Å². The molecule has 28 heavy (non-hydrogen) atoms. The van der Waals surface area contributed by atoms with E-state index in [0.717, 1.165) is 58.0 Å². The fraction of sp³-hybridized carbons (Fsp3) is 0.636. The number of nitrogens with zero attached hydrogens (tertiary/aromatic N) is 2. The Morgan fingerprint density at radius 1 is 1.29 bits per heavy atom. The fourth-order valence-electron chi connectivity index (χ4n) is 3.23. The molecule has 1 amide bonds. The zero-order valence-corrected chi connectivity index (χ0v) is 17.6. The maximum Gasteiger partial charge on any atom is 0.225 e. The van der Waals surface area contributed by atoms with Crippen LogP contribution in [0.5, 0.6) is 0 Å². The minimum Gasteiger partial charge on any atom is -0.377 e. The van der Waals surface area contributed by atoms with Crippen molar-refractivity contribution in [3.63, 3.8) is 0 Å². The van der Waals surface area contributed by atoms with Crippen LogP contribution in [0.3, 0.4) is 0 Å². The molecule has 1 saturated heterocycles.